The highest BCUT2D eigenvalue weighted by molar-refractivity contribution is 5.89. The summed E-state index contributed by atoms with van der Waals surface area (Å²) in [6.07, 6.45) is 0. The van der Waals surface area contributed by atoms with Gasteiger partial charge in [-0.15, -0.1) is 0 Å². The van der Waals surface area contributed by atoms with Gasteiger partial charge in [-0.3, -0.25) is 9.59 Å². The van der Waals surface area contributed by atoms with Crippen molar-refractivity contribution in [3.8, 4) is 11.5 Å². The van der Waals surface area contributed by atoms with Crippen molar-refractivity contribution < 1.29 is 29.0 Å². The van der Waals surface area contributed by atoms with E-state index in [2.05, 4.69) is 0 Å². The molecule has 0 fully saturated rings. The molecular weight excluding hydrogens is 324 g/mol. The second-order valence-electron chi connectivity index (χ2n) is 6.91. The molecule has 0 aromatic heterocycles. The Morgan fingerprint density at radius 1 is 0.760 bits per heavy atom. The molecule has 0 radical (unpaired) electrons. The molecular formula is C19H26O6. The monoisotopic (exact) mass is 350 g/mol. The van der Waals surface area contributed by atoms with E-state index >= 15 is 0 Å². The van der Waals surface area contributed by atoms with Crippen LogP contribution in [0.5, 0.6) is 11.5 Å². The van der Waals surface area contributed by atoms with E-state index < -0.39 is 17.9 Å². The highest BCUT2D eigenvalue weighted by Gasteiger charge is 2.22. The lowest BCUT2D eigenvalue weighted by atomic mass is 9.98. The minimum Gasteiger partial charge on any atom is -0.478 e. The number of carboxylic acid groups (broad SMARTS) is 1. The summed E-state index contributed by atoms with van der Waals surface area (Å²) in [6.45, 7) is 11.0. The third-order valence-corrected chi connectivity index (χ3v) is 4.31. The van der Waals surface area contributed by atoms with E-state index in [0.717, 1.165) is 0 Å². The van der Waals surface area contributed by atoms with Gasteiger partial charge in [0.15, 0.2) is 0 Å². The highest BCUT2D eigenvalue weighted by Crippen LogP contribution is 2.26. The van der Waals surface area contributed by atoms with E-state index in [1.807, 2.05) is 27.7 Å². The van der Waals surface area contributed by atoms with Crippen LogP contribution in [0.15, 0.2) is 18.2 Å². The van der Waals surface area contributed by atoms with Crippen molar-refractivity contribution >= 4 is 17.9 Å². The van der Waals surface area contributed by atoms with Crippen LogP contribution >= 0.6 is 0 Å². The molecule has 0 amide bonds. The second kappa shape index (κ2) is 8.65. The molecule has 1 N–H and O–H groups in total. The van der Waals surface area contributed by atoms with Gasteiger partial charge in [-0.25, -0.2) is 4.79 Å². The van der Waals surface area contributed by atoms with Crippen molar-refractivity contribution in [1.82, 2.24) is 0 Å². The first kappa shape index (κ1) is 20.7. The summed E-state index contributed by atoms with van der Waals surface area (Å²) < 4.78 is 10.5. The predicted octanol–water partition coefficient (Wildman–Crippen LogP) is 3.78. The number of benzene rings is 1. The SMILES string of the molecule is CC(C)C(C)C(=O)Oc1cc(OC(=O)C(C)C(C)C)cc(C(=O)O)c1. The van der Waals surface area contributed by atoms with Gasteiger partial charge in [0, 0.05) is 6.07 Å². The molecule has 0 saturated carbocycles. The topological polar surface area (TPSA) is 89.9 Å². The zero-order valence-electron chi connectivity index (χ0n) is 15.5. The average Bonchev–Trinajstić information content (AvgIpc) is 2.52. The summed E-state index contributed by atoms with van der Waals surface area (Å²) in [7, 11) is 0. The maximum atomic E-state index is 12.1. The Hall–Kier alpha value is -2.37. The van der Waals surface area contributed by atoms with E-state index in [1.165, 1.54) is 18.2 Å². The van der Waals surface area contributed by atoms with Gasteiger partial charge in [-0.05, 0) is 24.0 Å². The van der Waals surface area contributed by atoms with Crippen LogP contribution in [-0.4, -0.2) is 23.0 Å². The summed E-state index contributed by atoms with van der Waals surface area (Å²) in [5.41, 5.74) is -0.123. The van der Waals surface area contributed by atoms with Crippen LogP contribution in [0.25, 0.3) is 0 Å². The molecule has 0 bridgehead atoms. The smallest absolute Gasteiger partial charge is 0.335 e. The minimum atomic E-state index is -1.20. The molecule has 1 rings (SSSR count). The molecule has 0 spiro atoms. The zero-order valence-corrected chi connectivity index (χ0v) is 15.5. The highest BCUT2D eigenvalue weighted by atomic mass is 16.5. The first-order valence-electron chi connectivity index (χ1n) is 8.34. The first-order valence-corrected chi connectivity index (χ1v) is 8.34. The number of carbonyl (C=O) groups is 3. The molecule has 25 heavy (non-hydrogen) atoms. The number of hydrogen-bond acceptors (Lipinski definition) is 5. The van der Waals surface area contributed by atoms with Gasteiger partial charge in [0.2, 0.25) is 0 Å². The van der Waals surface area contributed by atoms with Crippen LogP contribution in [0.2, 0.25) is 0 Å². The molecule has 2 atom stereocenters. The Kier molecular flexibility index (Phi) is 7.15. The van der Waals surface area contributed by atoms with Crippen LogP contribution < -0.4 is 9.47 Å². The molecule has 1 aromatic carbocycles. The molecule has 0 aliphatic carbocycles. The van der Waals surface area contributed by atoms with E-state index in [9.17, 15) is 19.5 Å². The van der Waals surface area contributed by atoms with Crippen LogP contribution in [-0.2, 0) is 9.59 Å². The second-order valence-corrected chi connectivity index (χ2v) is 6.91. The molecule has 6 heteroatoms. The summed E-state index contributed by atoms with van der Waals surface area (Å²) in [5, 5.41) is 9.22. The van der Waals surface area contributed by atoms with Gasteiger partial charge in [0.25, 0.3) is 0 Å². The summed E-state index contributed by atoms with van der Waals surface area (Å²) in [4.78, 5) is 35.5. The zero-order chi connectivity index (χ0) is 19.3. The number of carboxylic acids is 1. The number of rotatable bonds is 7. The Morgan fingerprint density at radius 2 is 1.12 bits per heavy atom. The summed E-state index contributed by atoms with van der Waals surface area (Å²) in [6, 6.07) is 3.81. The number of ether oxygens (including phenoxy) is 2. The van der Waals surface area contributed by atoms with Crippen LogP contribution in [0.1, 0.15) is 51.9 Å². The minimum absolute atomic E-state index is 0.0393. The van der Waals surface area contributed by atoms with E-state index in [0.29, 0.717) is 0 Å². The molecule has 0 aliphatic heterocycles. The third-order valence-electron chi connectivity index (χ3n) is 4.31. The molecule has 0 heterocycles. The maximum Gasteiger partial charge on any atom is 0.335 e. The van der Waals surface area contributed by atoms with Crippen LogP contribution in [0.4, 0.5) is 0 Å². The Morgan fingerprint density at radius 3 is 1.40 bits per heavy atom. The van der Waals surface area contributed by atoms with Gasteiger partial charge in [-0.2, -0.15) is 0 Å². The quantitative estimate of drug-likeness (QED) is 0.594. The average molecular weight is 350 g/mol. The van der Waals surface area contributed by atoms with Crippen LogP contribution in [0.3, 0.4) is 0 Å². The van der Waals surface area contributed by atoms with Gasteiger partial charge in [-0.1, -0.05) is 41.5 Å². The lowest BCUT2D eigenvalue weighted by Crippen LogP contribution is -2.23. The Bertz CT molecular complexity index is 601. The molecule has 1 aromatic rings. The van der Waals surface area contributed by atoms with E-state index in [1.54, 1.807) is 13.8 Å². The van der Waals surface area contributed by atoms with Crippen molar-refractivity contribution in [2.24, 2.45) is 23.7 Å². The third kappa shape index (κ3) is 5.89. The Balaban J connectivity index is 3.07. The van der Waals surface area contributed by atoms with Crippen LogP contribution in [0, 0.1) is 23.7 Å². The first-order chi connectivity index (χ1) is 11.5. The summed E-state index contributed by atoms with van der Waals surface area (Å²) >= 11 is 0. The number of hydrogen-bond donors (Lipinski definition) is 1. The molecule has 0 aliphatic rings. The molecule has 138 valence electrons. The lowest BCUT2D eigenvalue weighted by molar-refractivity contribution is -0.140. The number of esters is 2. The molecule has 0 saturated heterocycles. The molecule has 2 unspecified atom stereocenters. The van der Waals surface area contributed by atoms with Gasteiger partial charge in [0.05, 0.1) is 17.4 Å². The normalized spacial score (nSPS) is 13.4. The van der Waals surface area contributed by atoms with Crippen molar-refractivity contribution in [3.05, 3.63) is 23.8 Å². The van der Waals surface area contributed by atoms with Gasteiger partial charge >= 0.3 is 17.9 Å². The van der Waals surface area contributed by atoms with Gasteiger partial charge < -0.3 is 14.6 Å². The van der Waals surface area contributed by atoms with Gasteiger partial charge in [0.1, 0.15) is 11.5 Å². The Labute approximate surface area is 148 Å². The van der Waals surface area contributed by atoms with E-state index in [4.69, 9.17) is 9.47 Å². The summed E-state index contributed by atoms with van der Waals surface area (Å²) in [5.74, 6) is -2.59. The molecule has 6 nitrogen and oxygen atoms in total. The fourth-order valence-electron chi connectivity index (χ4n) is 1.78. The fraction of sp³-hybridized carbons (Fsp3) is 0.526. The number of carbonyl (C=O) groups excluding carboxylic acids is 2. The van der Waals surface area contributed by atoms with Crippen molar-refractivity contribution in [2.75, 3.05) is 0 Å². The largest absolute Gasteiger partial charge is 0.478 e. The van der Waals surface area contributed by atoms with Crippen molar-refractivity contribution in [1.29, 1.82) is 0 Å². The van der Waals surface area contributed by atoms with E-state index in [-0.39, 0.29) is 40.7 Å². The lowest BCUT2D eigenvalue weighted by Gasteiger charge is -2.16. The van der Waals surface area contributed by atoms with Crippen molar-refractivity contribution in [2.45, 2.75) is 41.5 Å². The maximum absolute atomic E-state index is 12.1. The predicted molar refractivity (Wildman–Crippen MR) is 92.7 cm³/mol. The number of aromatic carboxylic acids is 1. The van der Waals surface area contributed by atoms with Crippen molar-refractivity contribution in [3.63, 3.8) is 0 Å². The standard InChI is InChI=1S/C19H26O6/c1-10(2)12(5)18(22)24-15-7-14(17(20)21)8-16(9-15)25-19(23)13(6)11(3)4/h7-13H,1-6H3,(H,20,21). The fourth-order valence-corrected chi connectivity index (χ4v) is 1.78.